The molecule has 1 aromatic carbocycles. The van der Waals surface area contributed by atoms with Gasteiger partial charge in [0.25, 0.3) is 5.91 Å². The van der Waals surface area contributed by atoms with E-state index in [-0.39, 0.29) is 11.9 Å². The van der Waals surface area contributed by atoms with Crippen molar-refractivity contribution in [3.8, 4) is 5.88 Å². The van der Waals surface area contributed by atoms with Crippen LogP contribution in [0.4, 0.5) is 11.5 Å². The molecule has 0 aliphatic heterocycles. The Bertz CT molecular complexity index is 1250. The molecule has 0 aliphatic rings. The second-order valence-electron chi connectivity index (χ2n) is 7.23. The standard InChI is InChI=1S/C22H23N7O2/c1-13-8-16(10-24-22(13)31-4)21(30)27-17-7-5-6-15(9-17)14(2)26-19-12-23-18-11-25-29(3)20(18)28-19/h5-12,14H,1-4H3,(H,26,28)(H,27,30)/t14-/m0/s1. The summed E-state index contributed by atoms with van der Waals surface area (Å²) in [5, 5.41) is 10.4. The maximum absolute atomic E-state index is 12.6. The summed E-state index contributed by atoms with van der Waals surface area (Å²) in [5.74, 6) is 0.923. The van der Waals surface area contributed by atoms with Gasteiger partial charge in [0.1, 0.15) is 11.3 Å². The number of benzene rings is 1. The van der Waals surface area contributed by atoms with E-state index in [0.29, 0.717) is 28.6 Å². The lowest BCUT2D eigenvalue weighted by molar-refractivity contribution is 0.102. The van der Waals surface area contributed by atoms with E-state index in [2.05, 4.69) is 30.7 Å². The monoisotopic (exact) mass is 417 g/mol. The summed E-state index contributed by atoms with van der Waals surface area (Å²) in [6.45, 7) is 3.87. The lowest BCUT2D eigenvalue weighted by atomic mass is 10.1. The first-order valence-corrected chi connectivity index (χ1v) is 9.78. The quantitative estimate of drug-likeness (QED) is 0.494. The Kier molecular flexibility index (Phi) is 5.48. The Labute approximate surface area is 179 Å². The van der Waals surface area contributed by atoms with Crippen LogP contribution in [0.25, 0.3) is 11.2 Å². The molecule has 4 rings (SSSR count). The number of carbonyl (C=O) groups is 1. The maximum atomic E-state index is 12.6. The first kappa shape index (κ1) is 20.3. The van der Waals surface area contributed by atoms with E-state index >= 15 is 0 Å². The van der Waals surface area contributed by atoms with Gasteiger partial charge in [-0.2, -0.15) is 5.10 Å². The molecule has 4 aromatic rings. The summed E-state index contributed by atoms with van der Waals surface area (Å²) in [6, 6.07) is 9.36. The van der Waals surface area contributed by atoms with Gasteiger partial charge in [0.2, 0.25) is 5.88 Å². The minimum atomic E-state index is -0.233. The number of hydrogen-bond donors (Lipinski definition) is 2. The number of fused-ring (bicyclic) bond motifs is 1. The number of hydrogen-bond acceptors (Lipinski definition) is 7. The highest BCUT2D eigenvalue weighted by atomic mass is 16.5. The van der Waals surface area contributed by atoms with Crippen molar-refractivity contribution >= 4 is 28.6 Å². The minimum absolute atomic E-state index is 0.0540. The second kappa shape index (κ2) is 8.39. The van der Waals surface area contributed by atoms with Gasteiger partial charge < -0.3 is 15.4 Å². The van der Waals surface area contributed by atoms with Gasteiger partial charge in [-0.05, 0) is 37.6 Å². The Hall–Kier alpha value is -4.01. The molecule has 0 fully saturated rings. The van der Waals surface area contributed by atoms with E-state index in [4.69, 9.17) is 4.74 Å². The molecule has 1 amide bonds. The van der Waals surface area contributed by atoms with Gasteiger partial charge in [-0.15, -0.1) is 0 Å². The number of rotatable bonds is 6. The number of nitrogens with zero attached hydrogens (tertiary/aromatic N) is 5. The molecule has 0 spiro atoms. The number of methoxy groups -OCH3 is 1. The molecule has 9 heteroatoms. The fraction of sp³-hybridized carbons (Fsp3) is 0.227. The Morgan fingerprint density at radius 1 is 1.16 bits per heavy atom. The molecule has 2 N–H and O–H groups in total. The van der Waals surface area contributed by atoms with Crippen LogP contribution in [0.15, 0.2) is 48.9 Å². The fourth-order valence-electron chi connectivity index (χ4n) is 3.28. The van der Waals surface area contributed by atoms with Gasteiger partial charge in [-0.25, -0.2) is 19.6 Å². The van der Waals surface area contributed by atoms with Gasteiger partial charge in [-0.3, -0.25) is 4.79 Å². The van der Waals surface area contributed by atoms with E-state index in [1.807, 2.05) is 45.2 Å². The molecule has 158 valence electrons. The van der Waals surface area contributed by atoms with Crippen molar-refractivity contribution in [1.82, 2.24) is 24.7 Å². The molecular formula is C22H23N7O2. The van der Waals surface area contributed by atoms with Crippen LogP contribution >= 0.6 is 0 Å². The zero-order chi connectivity index (χ0) is 22.0. The van der Waals surface area contributed by atoms with Gasteiger partial charge in [0.15, 0.2) is 5.65 Å². The lowest BCUT2D eigenvalue weighted by Gasteiger charge is -2.16. The van der Waals surface area contributed by atoms with E-state index in [1.54, 1.807) is 30.3 Å². The van der Waals surface area contributed by atoms with Gasteiger partial charge in [0, 0.05) is 24.5 Å². The highest BCUT2D eigenvalue weighted by Crippen LogP contribution is 2.22. The molecule has 0 radical (unpaired) electrons. The van der Waals surface area contributed by atoms with Crippen molar-refractivity contribution in [2.75, 3.05) is 17.7 Å². The van der Waals surface area contributed by atoms with Crippen LogP contribution in [-0.2, 0) is 7.05 Å². The lowest BCUT2D eigenvalue weighted by Crippen LogP contribution is -2.14. The molecule has 0 aliphatic carbocycles. The third kappa shape index (κ3) is 4.30. The smallest absolute Gasteiger partial charge is 0.257 e. The third-order valence-electron chi connectivity index (χ3n) is 4.94. The minimum Gasteiger partial charge on any atom is -0.481 e. The molecule has 3 aromatic heterocycles. The number of nitrogens with one attached hydrogen (secondary N) is 2. The van der Waals surface area contributed by atoms with E-state index in [0.717, 1.165) is 16.6 Å². The summed E-state index contributed by atoms with van der Waals surface area (Å²) >= 11 is 0. The van der Waals surface area contributed by atoms with Crippen LogP contribution in [0.3, 0.4) is 0 Å². The SMILES string of the molecule is COc1ncc(C(=O)Nc2cccc([C@H](C)Nc3cnc4cnn(C)c4n3)c2)cc1C. The van der Waals surface area contributed by atoms with Crippen molar-refractivity contribution in [2.24, 2.45) is 7.05 Å². The fourth-order valence-corrected chi connectivity index (χ4v) is 3.28. The number of amides is 1. The van der Waals surface area contributed by atoms with Gasteiger partial charge in [0.05, 0.1) is 31.1 Å². The molecular weight excluding hydrogens is 394 g/mol. The third-order valence-corrected chi connectivity index (χ3v) is 4.94. The van der Waals surface area contributed by atoms with Crippen LogP contribution in [0.5, 0.6) is 5.88 Å². The first-order valence-electron chi connectivity index (χ1n) is 9.78. The Morgan fingerprint density at radius 2 is 2.00 bits per heavy atom. The van der Waals surface area contributed by atoms with Crippen LogP contribution in [0, 0.1) is 6.92 Å². The predicted octanol–water partition coefficient (Wildman–Crippen LogP) is 3.50. The van der Waals surface area contributed by atoms with Crippen molar-refractivity contribution in [1.29, 1.82) is 0 Å². The summed E-state index contributed by atoms with van der Waals surface area (Å²) in [4.78, 5) is 25.8. The van der Waals surface area contributed by atoms with Crippen LogP contribution in [-0.4, -0.2) is 37.7 Å². The number of carbonyl (C=O) groups excluding carboxylic acids is 1. The number of ether oxygens (including phenoxy) is 1. The van der Waals surface area contributed by atoms with E-state index in [9.17, 15) is 4.79 Å². The first-order chi connectivity index (χ1) is 14.9. The summed E-state index contributed by atoms with van der Waals surface area (Å²) in [6.07, 6.45) is 4.87. The zero-order valence-electron chi connectivity index (χ0n) is 17.7. The molecule has 31 heavy (non-hydrogen) atoms. The molecule has 0 bridgehead atoms. The van der Waals surface area contributed by atoms with Gasteiger partial charge >= 0.3 is 0 Å². The molecule has 0 saturated carbocycles. The summed E-state index contributed by atoms with van der Waals surface area (Å²) < 4.78 is 6.83. The topological polar surface area (TPSA) is 107 Å². The number of aromatic nitrogens is 5. The van der Waals surface area contributed by atoms with Gasteiger partial charge in [-0.1, -0.05) is 12.1 Å². The number of aryl methyl sites for hydroxylation is 2. The largest absolute Gasteiger partial charge is 0.481 e. The van der Waals surface area contributed by atoms with Crippen molar-refractivity contribution in [3.05, 3.63) is 65.6 Å². The van der Waals surface area contributed by atoms with Crippen LogP contribution in [0.2, 0.25) is 0 Å². The second-order valence-corrected chi connectivity index (χ2v) is 7.23. The predicted molar refractivity (Wildman–Crippen MR) is 118 cm³/mol. The average Bonchev–Trinajstić information content (AvgIpc) is 3.14. The molecule has 3 heterocycles. The van der Waals surface area contributed by atoms with Crippen molar-refractivity contribution in [3.63, 3.8) is 0 Å². The molecule has 1 atom stereocenters. The molecule has 0 unspecified atom stereocenters. The highest BCUT2D eigenvalue weighted by molar-refractivity contribution is 6.04. The number of pyridine rings is 1. The zero-order valence-corrected chi connectivity index (χ0v) is 17.7. The van der Waals surface area contributed by atoms with Crippen LogP contribution in [0.1, 0.15) is 34.5 Å². The highest BCUT2D eigenvalue weighted by Gasteiger charge is 2.12. The molecule has 9 nitrogen and oxygen atoms in total. The summed E-state index contributed by atoms with van der Waals surface area (Å²) in [5.41, 5.74) is 4.41. The number of anilines is 2. The Balaban J connectivity index is 1.48. The average molecular weight is 417 g/mol. The Morgan fingerprint density at radius 3 is 2.77 bits per heavy atom. The summed E-state index contributed by atoms with van der Waals surface area (Å²) in [7, 11) is 3.38. The van der Waals surface area contributed by atoms with Crippen LogP contribution < -0.4 is 15.4 Å². The van der Waals surface area contributed by atoms with Crippen molar-refractivity contribution in [2.45, 2.75) is 19.9 Å². The van der Waals surface area contributed by atoms with E-state index in [1.165, 1.54) is 6.20 Å². The maximum Gasteiger partial charge on any atom is 0.257 e. The molecule has 0 saturated heterocycles. The van der Waals surface area contributed by atoms with E-state index < -0.39 is 0 Å². The normalized spacial score (nSPS) is 11.9. The van der Waals surface area contributed by atoms with Crippen molar-refractivity contribution < 1.29 is 9.53 Å².